The van der Waals surface area contributed by atoms with Crippen LogP contribution in [0.25, 0.3) is 0 Å². The summed E-state index contributed by atoms with van der Waals surface area (Å²) in [4.78, 5) is 15.2. The first-order chi connectivity index (χ1) is 14.8. The lowest BCUT2D eigenvalue weighted by atomic mass is 10.1. The Morgan fingerprint density at radius 2 is 1.68 bits per heavy atom. The first-order valence-electron chi connectivity index (χ1n) is 9.76. The van der Waals surface area contributed by atoms with E-state index in [1.165, 1.54) is 21.3 Å². The summed E-state index contributed by atoms with van der Waals surface area (Å²) in [5.41, 5.74) is 1.16. The minimum atomic E-state index is -3.19. The summed E-state index contributed by atoms with van der Waals surface area (Å²) >= 11 is 0. The van der Waals surface area contributed by atoms with Crippen molar-refractivity contribution in [2.75, 3.05) is 39.9 Å². The van der Waals surface area contributed by atoms with Crippen LogP contribution in [0, 0.1) is 0 Å². The number of nitrogens with zero attached hydrogens (tertiary/aromatic N) is 1. The maximum Gasteiger partial charge on any atom is 0.254 e. The van der Waals surface area contributed by atoms with Crippen molar-refractivity contribution >= 4 is 15.7 Å². The van der Waals surface area contributed by atoms with Crippen LogP contribution in [0.1, 0.15) is 22.3 Å². The second-order valence-corrected chi connectivity index (χ2v) is 9.48. The Morgan fingerprint density at radius 1 is 1.00 bits per heavy atom. The molecule has 0 bridgehead atoms. The number of amides is 1. The van der Waals surface area contributed by atoms with Crippen LogP contribution in [0.5, 0.6) is 23.0 Å². The average molecular weight is 450 g/mol. The van der Waals surface area contributed by atoms with E-state index < -0.39 is 15.9 Å². The third-order valence-electron chi connectivity index (χ3n) is 5.31. The normalized spacial score (nSPS) is 17.1. The van der Waals surface area contributed by atoms with E-state index >= 15 is 0 Å². The Balaban J connectivity index is 2.01. The van der Waals surface area contributed by atoms with Gasteiger partial charge in [0.15, 0.2) is 21.3 Å². The van der Waals surface area contributed by atoms with Gasteiger partial charge in [0.05, 0.1) is 39.9 Å². The molecule has 1 fully saturated rings. The van der Waals surface area contributed by atoms with E-state index in [2.05, 4.69) is 0 Å². The molecular formula is C22H27NO7S. The highest BCUT2D eigenvalue weighted by Crippen LogP contribution is 2.39. The molecule has 8 nitrogen and oxygen atoms in total. The van der Waals surface area contributed by atoms with Gasteiger partial charge in [0.2, 0.25) is 5.75 Å². The first-order valence-corrected chi connectivity index (χ1v) is 11.6. The molecule has 0 N–H and O–H groups in total. The Hall–Kier alpha value is -2.94. The van der Waals surface area contributed by atoms with Crippen molar-refractivity contribution in [3.8, 4) is 23.0 Å². The Bertz CT molecular complexity index is 1030. The van der Waals surface area contributed by atoms with Crippen LogP contribution < -0.4 is 18.9 Å². The molecule has 1 amide bonds. The summed E-state index contributed by atoms with van der Waals surface area (Å²) < 4.78 is 45.6. The molecule has 9 heteroatoms. The van der Waals surface area contributed by atoms with E-state index in [1.807, 2.05) is 24.3 Å². The highest BCUT2D eigenvalue weighted by molar-refractivity contribution is 7.91. The Kier molecular flexibility index (Phi) is 6.94. The molecule has 0 unspecified atom stereocenters. The van der Waals surface area contributed by atoms with Crippen LogP contribution in [0.2, 0.25) is 0 Å². The van der Waals surface area contributed by atoms with E-state index in [9.17, 15) is 13.2 Å². The number of carbonyl (C=O) groups excluding carboxylic acids is 1. The van der Waals surface area contributed by atoms with Gasteiger partial charge in [-0.3, -0.25) is 4.79 Å². The highest BCUT2D eigenvalue weighted by atomic mass is 32.2. The molecule has 3 rings (SSSR count). The molecule has 0 radical (unpaired) electrons. The van der Waals surface area contributed by atoms with Crippen molar-refractivity contribution in [1.29, 1.82) is 0 Å². The number of rotatable bonds is 8. The van der Waals surface area contributed by atoms with Gasteiger partial charge in [-0.15, -0.1) is 0 Å². The van der Waals surface area contributed by atoms with Gasteiger partial charge in [0, 0.05) is 18.2 Å². The number of carbonyl (C=O) groups is 1. The van der Waals surface area contributed by atoms with E-state index in [0.29, 0.717) is 35.0 Å². The zero-order valence-corrected chi connectivity index (χ0v) is 18.9. The fourth-order valence-electron chi connectivity index (χ4n) is 3.73. The van der Waals surface area contributed by atoms with Gasteiger partial charge in [0.25, 0.3) is 5.91 Å². The second-order valence-electron chi connectivity index (χ2n) is 7.26. The topological polar surface area (TPSA) is 91.4 Å². The predicted molar refractivity (Wildman–Crippen MR) is 116 cm³/mol. The van der Waals surface area contributed by atoms with Gasteiger partial charge in [-0.25, -0.2) is 8.42 Å². The Morgan fingerprint density at radius 3 is 2.19 bits per heavy atom. The quantitative estimate of drug-likeness (QED) is 0.612. The maximum atomic E-state index is 13.6. The molecule has 31 heavy (non-hydrogen) atoms. The summed E-state index contributed by atoms with van der Waals surface area (Å²) in [5, 5.41) is 0. The Labute approximate surface area is 182 Å². The summed E-state index contributed by atoms with van der Waals surface area (Å²) in [6, 6.07) is 10.1. The molecule has 1 heterocycles. The molecule has 1 aliphatic rings. The zero-order valence-electron chi connectivity index (χ0n) is 18.1. The van der Waals surface area contributed by atoms with Crippen LogP contribution in [0.4, 0.5) is 0 Å². The number of hydrogen-bond donors (Lipinski definition) is 0. The van der Waals surface area contributed by atoms with Crippen LogP contribution in [0.15, 0.2) is 36.4 Å². The fourth-order valence-corrected chi connectivity index (χ4v) is 5.46. The van der Waals surface area contributed by atoms with Crippen LogP contribution in [-0.4, -0.2) is 65.2 Å². The third-order valence-corrected chi connectivity index (χ3v) is 7.06. The minimum absolute atomic E-state index is 0.0624. The largest absolute Gasteiger partial charge is 0.497 e. The minimum Gasteiger partial charge on any atom is -0.497 e. The fraction of sp³-hybridized carbons (Fsp3) is 0.409. The molecule has 1 saturated heterocycles. The van der Waals surface area contributed by atoms with Gasteiger partial charge in [-0.1, -0.05) is 12.1 Å². The van der Waals surface area contributed by atoms with Crippen molar-refractivity contribution in [2.45, 2.75) is 19.0 Å². The molecule has 1 aliphatic heterocycles. The molecule has 168 valence electrons. The van der Waals surface area contributed by atoms with Crippen molar-refractivity contribution < 1.29 is 32.2 Å². The van der Waals surface area contributed by atoms with Gasteiger partial charge in [-0.05, 0) is 36.2 Å². The first kappa shape index (κ1) is 22.7. The van der Waals surface area contributed by atoms with Crippen LogP contribution in [0.3, 0.4) is 0 Å². The van der Waals surface area contributed by atoms with Gasteiger partial charge in [-0.2, -0.15) is 0 Å². The van der Waals surface area contributed by atoms with Gasteiger partial charge in [0.1, 0.15) is 5.75 Å². The monoisotopic (exact) mass is 449 g/mol. The second kappa shape index (κ2) is 9.47. The van der Waals surface area contributed by atoms with Crippen molar-refractivity contribution in [1.82, 2.24) is 4.90 Å². The number of methoxy groups -OCH3 is 4. The maximum absolute atomic E-state index is 13.6. The van der Waals surface area contributed by atoms with Crippen molar-refractivity contribution in [2.24, 2.45) is 0 Å². The SMILES string of the molecule is COc1cccc(CN(C(=O)c2cc(OC)c(OC)c(OC)c2)[C@@H]2CCS(=O)(=O)C2)c1. The van der Waals surface area contributed by atoms with E-state index in [-0.39, 0.29) is 24.0 Å². The lowest BCUT2D eigenvalue weighted by molar-refractivity contribution is 0.0680. The molecule has 2 aromatic carbocycles. The van der Waals surface area contributed by atoms with Crippen LogP contribution >= 0.6 is 0 Å². The van der Waals surface area contributed by atoms with Crippen molar-refractivity contribution in [3.05, 3.63) is 47.5 Å². The number of benzene rings is 2. The zero-order chi connectivity index (χ0) is 22.6. The summed E-state index contributed by atoms with van der Waals surface area (Å²) in [6.45, 7) is 0.243. The number of hydrogen-bond acceptors (Lipinski definition) is 7. The standard InChI is InChI=1S/C22H27NO7S/c1-27-18-7-5-6-15(10-18)13-23(17-8-9-31(25,26)14-17)22(24)16-11-19(28-2)21(30-4)20(12-16)29-3/h5-7,10-12,17H,8-9,13-14H2,1-4H3/t17-/m1/s1. The molecule has 0 aliphatic carbocycles. The highest BCUT2D eigenvalue weighted by Gasteiger charge is 2.35. The molecule has 2 aromatic rings. The molecule has 1 atom stereocenters. The summed E-state index contributed by atoms with van der Waals surface area (Å²) in [6.07, 6.45) is 0.391. The third kappa shape index (κ3) is 5.04. The summed E-state index contributed by atoms with van der Waals surface area (Å²) in [7, 11) is 2.82. The molecule has 0 spiro atoms. The average Bonchev–Trinajstić information content (AvgIpc) is 3.15. The molecule has 0 aromatic heterocycles. The lowest BCUT2D eigenvalue weighted by Gasteiger charge is -2.29. The summed E-state index contributed by atoms with van der Waals surface area (Å²) in [5.74, 6) is 1.43. The predicted octanol–water partition coefficient (Wildman–Crippen LogP) is 2.55. The molecule has 0 saturated carbocycles. The molecular weight excluding hydrogens is 422 g/mol. The van der Waals surface area contributed by atoms with E-state index in [4.69, 9.17) is 18.9 Å². The lowest BCUT2D eigenvalue weighted by Crippen LogP contribution is -2.40. The number of sulfone groups is 1. The van der Waals surface area contributed by atoms with Crippen molar-refractivity contribution in [3.63, 3.8) is 0 Å². The number of ether oxygens (including phenoxy) is 4. The van der Waals surface area contributed by atoms with Gasteiger partial charge >= 0.3 is 0 Å². The van der Waals surface area contributed by atoms with Crippen LogP contribution in [-0.2, 0) is 16.4 Å². The van der Waals surface area contributed by atoms with Gasteiger partial charge < -0.3 is 23.8 Å². The van der Waals surface area contributed by atoms with E-state index in [0.717, 1.165) is 5.56 Å². The van der Waals surface area contributed by atoms with E-state index in [1.54, 1.807) is 24.1 Å². The smallest absolute Gasteiger partial charge is 0.254 e.